The summed E-state index contributed by atoms with van der Waals surface area (Å²) >= 11 is 0. The van der Waals surface area contributed by atoms with Gasteiger partial charge in [-0.05, 0) is 55.9 Å². The first-order valence-corrected chi connectivity index (χ1v) is 12.5. The van der Waals surface area contributed by atoms with Crippen molar-refractivity contribution in [2.45, 2.75) is 57.3 Å². The van der Waals surface area contributed by atoms with Crippen molar-refractivity contribution in [3.63, 3.8) is 0 Å². The molecule has 1 amide bonds. The molecule has 0 bridgehead atoms. The van der Waals surface area contributed by atoms with Crippen molar-refractivity contribution in [1.82, 2.24) is 20.2 Å². The molecule has 4 heterocycles. The highest BCUT2D eigenvalue weighted by molar-refractivity contribution is 5.94. The van der Waals surface area contributed by atoms with Crippen LogP contribution in [0.15, 0.2) is 24.5 Å². The van der Waals surface area contributed by atoms with E-state index in [9.17, 15) is 9.18 Å². The zero-order valence-electron chi connectivity index (χ0n) is 20.5. The molecule has 2 aromatic rings. The molecule has 9 heteroatoms. The van der Waals surface area contributed by atoms with Crippen LogP contribution in [0.2, 0.25) is 0 Å². The average Bonchev–Trinajstić information content (AvgIpc) is 2.89. The number of nitrogens with one attached hydrogen (secondary N) is 1. The minimum atomic E-state index is -0.228. The van der Waals surface area contributed by atoms with Crippen LogP contribution in [0.5, 0.6) is 0 Å². The van der Waals surface area contributed by atoms with Gasteiger partial charge in [-0.15, -0.1) is 0 Å². The topological polar surface area (TPSA) is 79.8 Å². The summed E-state index contributed by atoms with van der Waals surface area (Å²) in [4.78, 5) is 26.3. The summed E-state index contributed by atoms with van der Waals surface area (Å²) in [5.74, 6) is 0.474. The van der Waals surface area contributed by atoms with Crippen molar-refractivity contribution in [3.05, 3.63) is 52.7 Å². The van der Waals surface area contributed by atoms with Crippen LogP contribution < -0.4 is 10.2 Å². The number of anilines is 1. The Morgan fingerprint density at radius 2 is 2.00 bits per heavy atom. The lowest BCUT2D eigenvalue weighted by Gasteiger charge is -2.38. The molecule has 0 aliphatic carbocycles. The van der Waals surface area contributed by atoms with E-state index in [0.29, 0.717) is 38.0 Å². The SMILES string of the molecule is CO[C@@H]1COCC[C@@H]1NC1CCN(C(=O)c2ncnc(N3CCc4ccc(F)cc4C3)c2C)CC1. The maximum Gasteiger partial charge on any atom is 0.272 e. The summed E-state index contributed by atoms with van der Waals surface area (Å²) in [7, 11) is 1.73. The van der Waals surface area contributed by atoms with E-state index >= 15 is 0 Å². The molecule has 3 aliphatic rings. The molecule has 1 N–H and O–H groups in total. The van der Waals surface area contributed by atoms with E-state index in [4.69, 9.17) is 9.47 Å². The number of benzene rings is 1. The van der Waals surface area contributed by atoms with Crippen LogP contribution >= 0.6 is 0 Å². The number of hydrogen-bond acceptors (Lipinski definition) is 7. The zero-order chi connectivity index (χ0) is 24.4. The summed E-state index contributed by atoms with van der Waals surface area (Å²) in [6.07, 6.45) is 5.09. The predicted octanol–water partition coefficient (Wildman–Crippen LogP) is 2.48. The Morgan fingerprint density at radius 3 is 2.80 bits per heavy atom. The predicted molar refractivity (Wildman–Crippen MR) is 130 cm³/mol. The Morgan fingerprint density at radius 1 is 1.17 bits per heavy atom. The smallest absolute Gasteiger partial charge is 0.272 e. The number of ether oxygens (including phenoxy) is 2. The minimum Gasteiger partial charge on any atom is -0.379 e. The van der Waals surface area contributed by atoms with Crippen molar-refractivity contribution in [2.24, 2.45) is 0 Å². The van der Waals surface area contributed by atoms with Gasteiger partial charge in [0.2, 0.25) is 0 Å². The van der Waals surface area contributed by atoms with Crippen LogP contribution in [0.4, 0.5) is 10.2 Å². The number of nitrogens with zero attached hydrogens (tertiary/aromatic N) is 4. The molecule has 0 radical (unpaired) electrons. The molecule has 2 atom stereocenters. The first-order chi connectivity index (χ1) is 17.0. The lowest BCUT2D eigenvalue weighted by molar-refractivity contribution is -0.0533. The van der Waals surface area contributed by atoms with Gasteiger partial charge >= 0.3 is 0 Å². The molecule has 0 saturated carbocycles. The third kappa shape index (κ3) is 5.17. The molecule has 0 spiro atoms. The van der Waals surface area contributed by atoms with Crippen LogP contribution in [0.25, 0.3) is 0 Å². The molecule has 8 nitrogen and oxygen atoms in total. The second kappa shape index (κ2) is 10.6. The van der Waals surface area contributed by atoms with Gasteiger partial charge in [0.1, 0.15) is 23.7 Å². The summed E-state index contributed by atoms with van der Waals surface area (Å²) in [5.41, 5.74) is 3.37. The Hall–Kier alpha value is -2.62. The highest BCUT2D eigenvalue weighted by Gasteiger charge is 2.31. The van der Waals surface area contributed by atoms with Gasteiger partial charge in [-0.1, -0.05) is 6.07 Å². The van der Waals surface area contributed by atoms with E-state index in [1.54, 1.807) is 13.2 Å². The molecule has 1 aromatic heterocycles. The van der Waals surface area contributed by atoms with Crippen LogP contribution in [0.1, 0.15) is 46.4 Å². The quantitative estimate of drug-likeness (QED) is 0.700. The molecular formula is C26H34FN5O3. The summed E-state index contributed by atoms with van der Waals surface area (Å²) in [6, 6.07) is 5.61. The van der Waals surface area contributed by atoms with Crippen LogP contribution in [0.3, 0.4) is 0 Å². The second-order valence-electron chi connectivity index (χ2n) is 9.73. The van der Waals surface area contributed by atoms with Gasteiger partial charge in [-0.2, -0.15) is 0 Å². The summed E-state index contributed by atoms with van der Waals surface area (Å²) in [5, 5.41) is 3.73. The number of halogens is 1. The largest absolute Gasteiger partial charge is 0.379 e. The van der Waals surface area contributed by atoms with E-state index in [1.807, 2.05) is 17.9 Å². The van der Waals surface area contributed by atoms with E-state index < -0.39 is 0 Å². The fraction of sp³-hybridized carbons (Fsp3) is 0.577. The summed E-state index contributed by atoms with van der Waals surface area (Å²) < 4.78 is 24.9. The first-order valence-electron chi connectivity index (χ1n) is 12.5. The number of likely N-dealkylation sites (tertiary alicyclic amines) is 1. The third-order valence-corrected chi connectivity index (χ3v) is 7.58. The van der Waals surface area contributed by atoms with E-state index in [1.165, 1.54) is 18.0 Å². The van der Waals surface area contributed by atoms with Crippen LogP contribution in [0, 0.1) is 12.7 Å². The maximum absolute atomic E-state index is 13.8. The number of piperidine rings is 1. The van der Waals surface area contributed by atoms with E-state index in [0.717, 1.165) is 55.8 Å². The minimum absolute atomic E-state index is 0.0473. The molecule has 3 aliphatic heterocycles. The number of amides is 1. The number of aromatic nitrogens is 2. The van der Waals surface area contributed by atoms with Gasteiger partial charge in [0, 0.05) is 57.5 Å². The Labute approximate surface area is 205 Å². The van der Waals surface area contributed by atoms with E-state index in [-0.39, 0.29) is 23.9 Å². The maximum atomic E-state index is 13.8. The monoisotopic (exact) mass is 483 g/mol. The lowest BCUT2D eigenvalue weighted by atomic mass is 9.98. The average molecular weight is 484 g/mol. The molecule has 0 unspecified atom stereocenters. The molecule has 2 fully saturated rings. The van der Waals surface area contributed by atoms with Gasteiger partial charge < -0.3 is 24.6 Å². The third-order valence-electron chi connectivity index (χ3n) is 7.58. The van der Waals surface area contributed by atoms with Crippen molar-refractivity contribution in [1.29, 1.82) is 0 Å². The van der Waals surface area contributed by atoms with Gasteiger partial charge in [-0.3, -0.25) is 4.79 Å². The van der Waals surface area contributed by atoms with Crippen molar-refractivity contribution >= 4 is 11.7 Å². The van der Waals surface area contributed by atoms with Crippen LogP contribution in [-0.2, 0) is 22.4 Å². The van der Waals surface area contributed by atoms with Gasteiger partial charge in [0.05, 0.1) is 12.7 Å². The first kappa shape index (κ1) is 24.1. The highest BCUT2D eigenvalue weighted by Crippen LogP contribution is 2.28. The zero-order valence-corrected chi connectivity index (χ0v) is 20.5. The fourth-order valence-corrected chi connectivity index (χ4v) is 5.52. The molecule has 1 aromatic carbocycles. The van der Waals surface area contributed by atoms with Crippen molar-refractivity contribution < 1.29 is 18.7 Å². The normalized spacial score (nSPS) is 23.3. The fourth-order valence-electron chi connectivity index (χ4n) is 5.52. The van der Waals surface area contributed by atoms with Crippen molar-refractivity contribution in [3.8, 4) is 0 Å². The summed E-state index contributed by atoms with van der Waals surface area (Å²) in [6.45, 7) is 6.01. The lowest BCUT2D eigenvalue weighted by Crippen LogP contribution is -2.54. The number of hydrogen-bond donors (Lipinski definition) is 1. The number of carbonyl (C=O) groups is 1. The molecular weight excluding hydrogens is 449 g/mol. The second-order valence-corrected chi connectivity index (χ2v) is 9.73. The Bertz CT molecular complexity index is 1060. The Balaban J connectivity index is 1.23. The standard InChI is InChI=1S/C26H34FN5O3/c1-17-24(28-16-29-25(17)32-9-5-18-3-4-20(27)13-19(18)14-32)26(33)31-10-6-21(7-11-31)30-22-8-12-35-15-23(22)34-2/h3-4,13,16,21-23,30H,5-12,14-15H2,1-2H3/t22-,23+/m0/s1. The highest BCUT2D eigenvalue weighted by atomic mass is 19.1. The number of methoxy groups -OCH3 is 1. The molecule has 188 valence electrons. The molecule has 35 heavy (non-hydrogen) atoms. The number of rotatable bonds is 5. The van der Waals surface area contributed by atoms with Crippen molar-refractivity contribution in [2.75, 3.05) is 44.9 Å². The molecule has 5 rings (SSSR count). The number of fused-ring (bicyclic) bond motifs is 1. The van der Waals surface area contributed by atoms with Crippen LogP contribution in [-0.4, -0.2) is 78.9 Å². The number of carbonyl (C=O) groups excluding carboxylic acids is 1. The van der Waals surface area contributed by atoms with Gasteiger partial charge in [0.15, 0.2) is 0 Å². The Kier molecular flexibility index (Phi) is 7.27. The van der Waals surface area contributed by atoms with E-state index in [2.05, 4.69) is 20.2 Å². The molecule has 2 saturated heterocycles. The van der Waals surface area contributed by atoms with Gasteiger partial charge in [-0.25, -0.2) is 14.4 Å². The van der Waals surface area contributed by atoms with Gasteiger partial charge in [0.25, 0.3) is 5.91 Å².